The molecule has 1 N–H and O–H groups in total. The predicted molar refractivity (Wildman–Crippen MR) is 77.2 cm³/mol. The van der Waals surface area contributed by atoms with Gasteiger partial charge in [0.2, 0.25) is 5.91 Å². The van der Waals surface area contributed by atoms with E-state index in [4.69, 9.17) is 5.11 Å². The highest BCUT2D eigenvalue weighted by atomic mass is 16.4. The van der Waals surface area contributed by atoms with Gasteiger partial charge in [-0.2, -0.15) is 0 Å². The molecule has 1 aliphatic carbocycles. The number of aliphatic carboxylic acids is 1. The van der Waals surface area contributed by atoms with Crippen LogP contribution in [-0.2, 0) is 9.59 Å². The minimum atomic E-state index is -0.756. The Labute approximate surface area is 120 Å². The summed E-state index contributed by atoms with van der Waals surface area (Å²) in [7, 11) is 0. The number of hydrogen-bond donors (Lipinski definition) is 1. The third-order valence-electron chi connectivity index (χ3n) is 4.62. The molecule has 2 rings (SSSR count). The van der Waals surface area contributed by atoms with Gasteiger partial charge in [0.15, 0.2) is 0 Å². The highest BCUT2D eigenvalue weighted by molar-refractivity contribution is 5.81. The van der Waals surface area contributed by atoms with Crippen LogP contribution in [0.3, 0.4) is 0 Å². The molecule has 1 fully saturated rings. The van der Waals surface area contributed by atoms with Crippen LogP contribution in [0, 0.1) is 17.3 Å². The molecular weight excluding hydrogens is 254 g/mol. The molecule has 0 unspecified atom stereocenters. The summed E-state index contributed by atoms with van der Waals surface area (Å²) in [5, 5.41) is 9.01. The summed E-state index contributed by atoms with van der Waals surface area (Å²) < 4.78 is 0. The first kappa shape index (κ1) is 15.1. The third kappa shape index (κ3) is 3.22. The Bertz CT molecular complexity index is 433. The van der Waals surface area contributed by atoms with Gasteiger partial charge in [0, 0.05) is 19.0 Å². The van der Waals surface area contributed by atoms with Gasteiger partial charge in [-0.25, -0.2) is 0 Å². The van der Waals surface area contributed by atoms with Crippen LogP contribution in [-0.4, -0.2) is 35.0 Å². The minimum Gasteiger partial charge on any atom is -0.481 e. The van der Waals surface area contributed by atoms with Crippen molar-refractivity contribution in [2.75, 3.05) is 13.1 Å². The second-order valence-electron chi connectivity index (χ2n) is 7.06. The van der Waals surface area contributed by atoms with Crippen molar-refractivity contribution < 1.29 is 14.7 Å². The average Bonchev–Trinajstić information content (AvgIpc) is 2.86. The van der Waals surface area contributed by atoms with Crippen molar-refractivity contribution in [2.45, 2.75) is 46.5 Å². The monoisotopic (exact) mass is 279 g/mol. The Morgan fingerprint density at radius 1 is 1.25 bits per heavy atom. The van der Waals surface area contributed by atoms with Gasteiger partial charge in [0.1, 0.15) is 0 Å². The molecule has 0 radical (unpaired) electrons. The fourth-order valence-electron chi connectivity index (χ4n) is 3.24. The van der Waals surface area contributed by atoms with Crippen LogP contribution in [0.5, 0.6) is 0 Å². The van der Waals surface area contributed by atoms with Crippen LogP contribution in [0.25, 0.3) is 0 Å². The second-order valence-corrected chi connectivity index (χ2v) is 7.06. The lowest BCUT2D eigenvalue weighted by molar-refractivity contribution is -0.141. The fourth-order valence-corrected chi connectivity index (χ4v) is 3.24. The molecule has 0 aromatic heterocycles. The van der Waals surface area contributed by atoms with Crippen LogP contribution in [0.1, 0.15) is 46.5 Å². The van der Waals surface area contributed by atoms with Crippen LogP contribution in [0.2, 0.25) is 0 Å². The van der Waals surface area contributed by atoms with Gasteiger partial charge < -0.3 is 10.0 Å². The molecule has 4 nitrogen and oxygen atoms in total. The number of rotatable bonds is 2. The zero-order valence-electron chi connectivity index (χ0n) is 12.7. The van der Waals surface area contributed by atoms with Gasteiger partial charge in [0.25, 0.3) is 0 Å². The molecule has 2 atom stereocenters. The topological polar surface area (TPSA) is 57.6 Å². The fraction of sp³-hybridized carbons (Fsp3) is 0.750. The SMILES string of the molecule is CC(C)(C)C1=CCN(C(=O)[C@@H]2CC[C@H](C(=O)O)C2)CC1. The Balaban J connectivity index is 1.93. The van der Waals surface area contributed by atoms with E-state index in [0.717, 1.165) is 19.4 Å². The van der Waals surface area contributed by atoms with E-state index >= 15 is 0 Å². The Kier molecular flexibility index (Phi) is 4.21. The molecule has 112 valence electrons. The molecule has 20 heavy (non-hydrogen) atoms. The van der Waals surface area contributed by atoms with E-state index in [2.05, 4.69) is 26.8 Å². The van der Waals surface area contributed by atoms with E-state index in [-0.39, 0.29) is 23.2 Å². The van der Waals surface area contributed by atoms with E-state index in [9.17, 15) is 9.59 Å². The molecule has 0 saturated heterocycles. The minimum absolute atomic E-state index is 0.0827. The van der Waals surface area contributed by atoms with Crippen molar-refractivity contribution in [3.63, 3.8) is 0 Å². The lowest BCUT2D eigenvalue weighted by Crippen LogP contribution is -2.39. The van der Waals surface area contributed by atoms with Crippen molar-refractivity contribution in [1.29, 1.82) is 0 Å². The van der Waals surface area contributed by atoms with Gasteiger partial charge in [-0.3, -0.25) is 9.59 Å². The van der Waals surface area contributed by atoms with Gasteiger partial charge in [-0.15, -0.1) is 0 Å². The lowest BCUT2D eigenvalue weighted by Gasteiger charge is -2.33. The summed E-state index contributed by atoms with van der Waals surface area (Å²) in [6.07, 6.45) is 4.99. The highest BCUT2D eigenvalue weighted by Gasteiger charge is 2.36. The molecule has 2 aliphatic rings. The first-order valence-electron chi connectivity index (χ1n) is 7.50. The number of carboxylic acid groups (broad SMARTS) is 1. The standard InChI is InChI=1S/C16H25NO3/c1-16(2,3)13-6-8-17(9-7-13)14(18)11-4-5-12(10-11)15(19)20/h6,11-12H,4-5,7-10H2,1-3H3,(H,19,20)/t11-,12+/m1/s1. The summed E-state index contributed by atoms with van der Waals surface area (Å²) >= 11 is 0. The number of nitrogens with zero attached hydrogens (tertiary/aromatic N) is 1. The van der Waals surface area contributed by atoms with Crippen molar-refractivity contribution in [3.8, 4) is 0 Å². The first-order valence-corrected chi connectivity index (χ1v) is 7.50. The number of carbonyl (C=O) groups excluding carboxylic acids is 1. The summed E-state index contributed by atoms with van der Waals surface area (Å²) in [4.78, 5) is 25.3. The number of carboxylic acids is 1. The van der Waals surface area contributed by atoms with Crippen LogP contribution < -0.4 is 0 Å². The van der Waals surface area contributed by atoms with Gasteiger partial charge in [0.05, 0.1) is 5.92 Å². The van der Waals surface area contributed by atoms with Crippen LogP contribution in [0.4, 0.5) is 0 Å². The molecule has 4 heteroatoms. The normalized spacial score (nSPS) is 27.4. The summed E-state index contributed by atoms with van der Waals surface area (Å²) in [6.45, 7) is 8.05. The first-order chi connectivity index (χ1) is 9.29. The molecule has 0 bridgehead atoms. The average molecular weight is 279 g/mol. The van der Waals surface area contributed by atoms with Crippen molar-refractivity contribution in [1.82, 2.24) is 4.90 Å². The van der Waals surface area contributed by atoms with Gasteiger partial charge in [-0.1, -0.05) is 32.4 Å². The maximum Gasteiger partial charge on any atom is 0.306 e. The molecule has 1 heterocycles. The maximum absolute atomic E-state index is 12.4. The molecule has 0 spiro atoms. The Hall–Kier alpha value is -1.32. The Morgan fingerprint density at radius 3 is 2.35 bits per heavy atom. The smallest absolute Gasteiger partial charge is 0.306 e. The van der Waals surface area contributed by atoms with Crippen molar-refractivity contribution >= 4 is 11.9 Å². The predicted octanol–water partition coefficient (Wildman–Crippen LogP) is 2.69. The Morgan fingerprint density at radius 2 is 1.90 bits per heavy atom. The maximum atomic E-state index is 12.4. The molecule has 0 aromatic rings. The third-order valence-corrected chi connectivity index (χ3v) is 4.62. The summed E-state index contributed by atoms with van der Waals surface area (Å²) in [5.41, 5.74) is 1.59. The van der Waals surface area contributed by atoms with E-state index in [0.29, 0.717) is 19.4 Å². The van der Waals surface area contributed by atoms with E-state index in [1.807, 2.05) is 4.90 Å². The van der Waals surface area contributed by atoms with Gasteiger partial charge in [-0.05, 0) is 31.1 Å². The summed E-state index contributed by atoms with van der Waals surface area (Å²) in [6, 6.07) is 0. The van der Waals surface area contributed by atoms with Crippen LogP contribution in [0.15, 0.2) is 11.6 Å². The van der Waals surface area contributed by atoms with Crippen molar-refractivity contribution in [2.24, 2.45) is 17.3 Å². The van der Waals surface area contributed by atoms with Crippen LogP contribution >= 0.6 is 0 Å². The van der Waals surface area contributed by atoms with E-state index in [1.165, 1.54) is 5.57 Å². The van der Waals surface area contributed by atoms with E-state index in [1.54, 1.807) is 0 Å². The quantitative estimate of drug-likeness (QED) is 0.791. The highest BCUT2D eigenvalue weighted by Crippen LogP contribution is 2.34. The molecule has 1 amide bonds. The van der Waals surface area contributed by atoms with Crippen molar-refractivity contribution in [3.05, 3.63) is 11.6 Å². The zero-order chi connectivity index (χ0) is 14.9. The van der Waals surface area contributed by atoms with Gasteiger partial charge >= 0.3 is 5.97 Å². The van der Waals surface area contributed by atoms with E-state index < -0.39 is 5.97 Å². The number of amides is 1. The lowest BCUT2D eigenvalue weighted by atomic mass is 9.83. The largest absolute Gasteiger partial charge is 0.481 e. The molecule has 1 aliphatic heterocycles. The number of hydrogen-bond acceptors (Lipinski definition) is 2. The number of carbonyl (C=O) groups is 2. The molecular formula is C16H25NO3. The molecule has 0 aromatic carbocycles. The zero-order valence-corrected chi connectivity index (χ0v) is 12.7. The molecule has 1 saturated carbocycles. The summed E-state index contributed by atoms with van der Waals surface area (Å²) in [5.74, 6) is -1.01. The second kappa shape index (κ2) is 5.58.